The number of rotatable bonds is 5. The summed E-state index contributed by atoms with van der Waals surface area (Å²) in [5.74, 6) is 0. The first-order valence-corrected chi connectivity index (χ1v) is 8.94. The van der Waals surface area contributed by atoms with Gasteiger partial charge in [0.1, 0.15) is 0 Å². The number of fused-ring (bicyclic) bond motifs is 1. The molecule has 5 heteroatoms. The van der Waals surface area contributed by atoms with E-state index in [4.69, 9.17) is 0 Å². The van der Waals surface area contributed by atoms with Gasteiger partial charge in [-0.25, -0.2) is 4.68 Å². The van der Waals surface area contributed by atoms with Crippen molar-refractivity contribution < 1.29 is 0 Å². The first kappa shape index (κ1) is 15.5. The highest BCUT2D eigenvalue weighted by Crippen LogP contribution is 2.30. The average Bonchev–Trinajstić information content (AvgIpc) is 3.44. The van der Waals surface area contributed by atoms with Crippen LogP contribution in [0.25, 0.3) is 10.8 Å². The van der Waals surface area contributed by atoms with Crippen LogP contribution >= 0.6 is 15.9 Å². The molecule has 0 bridgehead atoms. The molecular formula is C19H18BrN3O. The summed E-state index contributed by atoms with van der Waals surface area (Å²) in [6.45, 7) is 1.34. The number of aromatic nitrogens is 2. The van der Waals surface area contributed by atoms with Gasteiger partial charge in [0, 0.05) is 22.4 Å². The minimum atomic E-state index is -0.0223. The molecule has 0 atom stereocenters. The van der Waals surface area contributed by atoms with E-state index in [0.29, 0.717) is 12.7 Å². The van der Waals surface area contributed by atoms with Crippen LogP contribution < -0.4 is 5.56 Å². The van der Waals surface area contributed by atoms with Crippen LogP contribution in [0.5, 0.6) is 0 Å². The zero-order valence-electron chi connectivity index (χ0n) is 13.2. The number of benzene rings is 2. The fraction of sp³-hybridized carbons (Fsp3) is 0.263. The predicted octanol–water partition coefficient (Wildman–Crippen LogP) is 3.78. The summed E-state index contributed by atoms with van der Waals surface area (Å²) in [5.41, 5.74) is 1.21. The van der Waals surface area contributed by atoms with E-state index in [0.717, 1.165) is 21.8 Å². The highest BCUT2D eigenvalue weighted by molar-refractivity contribution is 9.10. The lowest BCUT2D eigenvalue weighted by Crippen LogP contribution is -2.35. The molecule has 4 nitrogen and oxygen atoms in total. The fourth-order valence-electron chi connectivity index (χ4n) is 2.98. The predicted molar refractivity (Wildman–Crippen MR) is 98.7 cm³/mol. The molecule has 0 spiro atoms. The number of halogens is 1. The first-order chi connectivity index (χ1) is 11.7. The molecule has 0 aliphatic heterocycles. The van der Waals surface area contributed by atoms with Gasteiger partial charge in [-0.2, -0.15) is 5.10 Å². The van der Waals surface area contributed by atoms with Crippen molar-refractivity contribution in [2.24, 2.45) is 0 Å². The molecule has 1 aliphatic carbocycles. The molecule has 1 aromatic heterocycles. The molecule has 122 valence electrons. The van der Waals surface area contributed by atoms with Crippen molar-refractivity contribution in [1.29, 1.82) is 0 Å². The maximum atomic E-state index is 12.7. The van der Waals surface area contributed by atoms with Crippen LogP contribution in [0.15, 0.2) is 64.0 Å². The number of hydrogen-bond donors (Lipinski definition) is 0. The fourth-order valence-corrected chi connectivity index (χ4v) is 3.39. The summed E-state index contributed by atoms with van der Waals surface area (Å²) in [5, 5.41) is 5.99. The second-order valence-electron chi connectivity index (χ2n) is 6.25. The van der Waals surface area contributed by atoms with Crippen molar-refractivity contribution in [3.05, 3.63) is 75.1 Å². The van der Waals surface area contributed by atoms with Gasteiger partial charge in [-0.1, -0.05) is 52.3 Å². The monoisotopic (exact) mass is 383 g/mol. The molecule has 1 aliphatic rings. The van der Waals surface area contributed by atoms with Gasteiger partial charge >= 0.3 is 0 Å². The minimum absolute atomic E-state index is 0.0223. The molecule has 0 amide bonds. The molecule has 0 radical (unpaired) electrons. The third-order valence-corrected chi connectivity index (χ3v) is 5.25. The first-order valence-electron chi connectivity index (χ1n) is 8.15. The Morgan fingerprint density at radius 3 is 2.67 bits per heavy atom. The molecule has 1 fully saturated rings. The van der Waals surface area contributed by atoms with Crippen LogP contribution in [0, 0.1) is 0 Å². The third kappa shape index (κ3) is 3.14. The third-order valence-electron chi connectivity index (χ3n) is 4.47. The van der Waals surface area contributed by atoms with E-state index in [1.165, 1.54) is 18.4 Å². The van der Waals surface area contributed by atoms with Gasteiger partial charge in [0.25, 0.3) is 5.56 Å². The summed E-state index contributed by atoms with van der Waals surface area (Å²) >= 11 is 3.62. The SMILES string of the molecule is O=c1c2ccccc2cnn1CN(Cc1ccccc1Br)C1CC1. The van der Waals surface area contributed by atoms with E-state index in [-0.39, 0.29) is 5.56 Å². The van der Waals surface area contributed by atoms with Gasteiger partial charge in [0.15, 0.2) is 0 Å². The van der Waals surface area contributed by atoms with Crippen LogP contribution in [-0.4, -0.2) is 20.7 Å². The summed E-state index contributed by atoms with van der Waals surface area (Å²) < 4.78 is 2.69. The number of nitrogens with zero attached hydrogens (tertiary/aromatic N) is 3. The highest BCUT2D eigenvalue weighted by Gasteiger charge is 2.30. The van der Waals surface area contributed by atoms with Crippen molar-refractivity contribution >= 4 is 26.7 Å². The lowest BCUT2D eigenvalue weighted by atomic mass is 10.2. The molecule has 4 rings (SSSR count). The van der Waals surface area contributed by atoms with E-state index in [1.807, 2.05) is 36.4 Å². The van der Waals surface area contributed by atoms with Crippen molar-refractivity contribution in [2.45, 2.75) is 32.1 Å². The van der Waals surface area contributed by atoms with Crippen LogP contribution in [0.2, 0.25) is 0 Å². The summed E-state index contributed by atoms with van der Waals surface area (Å²) in [6, 6.07) is 16.4. The number of hydrogen-bond acceptors (Lipinski definition) is 3. The smallest absolute Gasteiger partial charge is 0.275 e. The van der Waals surface area contributed by atoms with Crippen molar-refractivity contribution in [1.82, 2.24) is 14.7 Å². The van der Waals surface area contributed by atoms with E-state index < -0.39 is 0 Å². The van der Waals surface area contributed by atoms with E-state index in [9.17, 15) is 4.79 Å². The zero-order chi connectivity index (χ0) is 16.5. The van der Waals surface area contributed by atoms with Crippen LogP contribution in [0.4, 0.5) is 0 Å². The second kappa shape index (κ2) is 6.49. The maximum absolute atomic E-state index is 12.7. The molecular weight excluding hydrogens is 366 g/mol. The van der Waals surface area contributed by atoms with E-state index in [1.54, 1.807) is 10.9 Å². The topological polar surface area (TPSA) is 38.1 Å². The van der Waals surface area contributed by atoms with Gasteiger partial charge in [0.2, 0.25) is 0 Å². The second-order valence-corrected chi connectivity index (χ2v) is 7.10. The van der Waals surface area contributed by atoms with Gasteiger partial charge in [-0.05, 0) is 30.5 Å². The highest BCUT2D eigenvalue weighted by atomic mass is 79.9. The largest absolute Gasteiger partial charge is 0.277 e. The Hall–Kier alpha value is -1.98. The summed E-state index contributed by atoms with van der Waals surface area (Å²) in [4.78, 5) is 15.0. The quantitative estimate of drug-likeness (QED) is 0.672. The average molecular weight is 384 g/mol. The van der Waals surface area contributed by atoms with Crippen molar-refractivity contribution in [3.8, 4) is 0 Å². The normalized spacial score (nSPS) is 14.4. The summed E-state index contributed by atoms with van der Waals surface area (Å²) in [7, 11) is 0. The van der Waals surface area contributed by atoms with Crippen LogP contribution in [0.3, 0.4) is 0 Å². The zero-order valence-corrected chi connectivity index (χ0v) is 14.8. The summed E-state index contributed by atoms with van der Waals surface area (Å²) in [6.07, 6.45) is 4.15. The molecule has 1 saturated carbocycles. The Morgan fingerprint density at radius 2 is 1.88 bits per heavy atom. The Morgan fingerprint density at radius 1 is 1.12 bits per heavy atom. The Labute approximate surface area is 148 Å². The molecule has 24 heavy (non-hydrogen) atoms. The molecule has 2 aromatic carbocycles. The van der Waals surface area contributed by atoms with E-state index >= 15 is 0 Å². The van der Waals surface area contributed by atoms with Gasteiger partial charge < -0.3 is 0 Å². The van der Waals surface area contributed by atoms with Gasteiger partial charge in [-0.15, -0.1) is 0 Å². The molecule has 3 aromatic rings. The lowest BCUT2D eigenvalue weighted by Gasteiger charge is -2.23. The Kier molecular flexibility index (Phi) is 4.21. The molecule has 0 unspecified atom stereocenters. The van der Waals surface area contributed by atoms with E-state index in [2.05, 4.69) is 38.1 Å². The Bertz CT molecular complexity index is 933. The minimum Gasteiger partial charge on any atom is -0.277 e. The van der Waals surface area contributed by atoms with Gasteiger partial charge in [0.05, 0.1) is 18.3 Å². The van der Waals surface area contributed by atoms with Crippen molar-refractivity contribution in [2.75, 3.05) is 0 Å². The molecule has 0 N–H and O–H groups in total. The van der Waals surface area contributed by atoms with Crippen molar-refractivity contribution in [3.63, 3.8) is 0 Å². The van der Waals surface area contributed by atoms with Crippen LogP contribution in [0.1, 0.15) is 18.4 Å². The standard InChI is InChI=1S/C19H18BrN3O/c20-18-8-4-2-6-15(18)12-22(16-9-10-16)13-23-19(24)17-7-3-1-5-14(17)11-21-23/h1-8,11,16H,9-10,12-13H2. The molecule has 1 heterocycles. The lowest BCUT2D eigenvalue weighted by molar-refractivity contribution is 0.184. The Balaban J connectivity index is 1.63. The maximum Gasteiger partial charge on any atom is 0.275 e. The van der Waals surface area contributed by atoms with Gasteiger partial charge in [-0.3, -0.25) is 9.69 Å². The molecule has 0 saturated heterocycles. The van der Waals surface area contributed by atoms with Crippen LogP contribution in [-0.2, 0) is 13.2 Å².